The van der Waals surface area contributed by atoms with Crippen molar-refractivity contribution < 1.29 is 4.74 Å². The summed E-state index contributed by atoms with van der Waals surface area (Å²) < 4.78 is 6.29. The Bertz CT molecular complexity index is 836. The Hall–Kier alpha value is -2.38. The third kappa shape index (κ3) is 2.88. The fraction of sp³-hybridized carbons (Fsp3) is 0.217. The molecule has 0 spiro atoms. The summed E-state index contributed by atoms with van der Waals surface area (Å²) in [5.74, 6) is 0. The Labute approximate surface area is 143 Å². The number of hydrogen-bond acceptors (Lipinski definition) is 1. The molecular formula is C23H22O. The molecule has 0 saturated heterocycles. The van der Waals surface area contributed by atoms with Gasteiger partial charge in [-0.2, -0.15) is 0 Å². The number of benzene rings is 3. The monoisotopic (exact) mass is 314 g/mol. The van der Waals surface area contributed by atoms with Crippen LogP contribution in [-0.2, 0) is 17.8 Å². The highest BCUT2D eigenvalue weighted by Crippen LogP contribution is 2.35. The van der Waals surface area contributed by atoms with E-state index >= 15 is 0 Å². The van der Waals surface area contributed by atoms with E-state index in [9.17, 15) is 0 Å². The first-order valence-corrected chi connectivity index (χ1v) is 8.66. The lowest BCUT2D eigenvalue weighted by atomic mass is 9.97. The van der Waals surface area contributed by atoms with E-state index < -0.39 is 0 Å². The normalized spacial score (nSPS) is 16.1. The molecule has 1 aliphatic rings. The molecule has 0 saturated carbocycles. The van der Waals surface area contributed by atoms with Crippen molar-refractivity contribution in [3.8, 4) is 11.1 Å². The molecule has 0 heterocycles. The first-order valence-electron chi connectivity index (χ1n) is 8.66. The standard InChI is InChI=1S/C23H22O/c1-17-20(11-7-13-21(17)18-8-3-2-4-9-18)16-24-23-15-14-19-10-5-6-12-22(19)23/h2-13,23H,14-16H2,1H3. The van der Waals surface area contributed by atoms with Gasteiger partial charge in [0.15, 0.2) is 0 Å². The number of rotatable bonds is 4. The van der Waals surface area contributed by atoms with Crippen molar-refractivity contribution in [1.29, 1.82) is 0 Å². The minimum atomic E-state index is 0.237. The smallest absolute Gasteiger partial charge is 0.0835 e. The minimum Gasteiger partial charge on any atom is -0.369 e. The maximum atomic E-state index is 6.29. The van der Waals surface area contributed by atoms with Gasteiger partial charge in [0.1, 0.15) is 0 Å². The van der Waals surface area contributed by atoms with Crippen LogP contribution in [0.2, 0.25) is 0 Å². The molecule has 0 aliphatic heterocycles. The Kier molecular flexibility index (Phi) is 4.18. The summed E-state index contributed by atoms with van der Waals surface area (Å²) in [6.07, 6.45) is 2.46. The largest absolute Gasteiger partial charge is 0.369 e. The van der Waals surface area contributed by atoms with Crippen molar-refractivity contribution in [2.75, 3.05) is 0 Å². The molecule has 1 aliphatic carbocycles. The van der Waals surface area contributed by atoms with Crippen LogP contribution in [-0.4, -0.2) is 0 Å². The number of fused-ring (bicyclic) bond motifs is 1. The summed E-state index contributed by atoms with van der Waals surface area (Å²) in [5, 5.41) is 0. The Morgan fingerprint density at radius 1 is 0.875 bits per heavy atom. The van der Waals surface area contributed by atoms with Gasteiger partial charge in [0.25, 0.3) is 0 Å². The second kappa shape index (κ2) is 6.62. The molecule has 1 unspecified atom stereocenters. The average Bonchev–Trinajstić information content (AvgIpc) is 3.05. The van der Waals surface area contributed by atoms with Crippen LogP contribution in [0, 0.1) is 6.92 Å². The molecular weight excluding hydrogens is 292 g/mol. The predicted molar refractivity (Wildman–Crippen MR) is 98.9 cm³/mol. The van der Waals surface area contributed by atoms with Gasteiger partial charge >= 0.3 is 0 Å². The molecule has 24 heavy (non-hydrogen) atoms. The highest BCUT2D eigenvalue weighted by atomic mass is 16.5. The van der Waals surface area contributed by atoms with E-state index in [1.165, 1.54) is 33.4 Å². The van der Waals surface area contributed by atoms with Crippen molar-refractivity contribution in [1.82, 2.24) is 0 Å². The summed E-state index contributed by atoms with van der Waals surface area (Å²) >= 11 is 0. The van der Waals surface area contributed by atoms with Crippen LogP contribution in [0.25, 0.3) is 11.1 Å². The lowest BCUT2D eigenvalue weighted by molar-refractivity contribution is 0.0408. The fourth-order valence-electron chi connectivity index (χ4n) is 3.65. The van der Waals surface area contributed by atoms with Gasteiger partial charge in [-0.25, -0.2) is 0 Å². The number of ether oxygens (including phenoxy) is 1. The molecule has 0 N–H and O–H groups in total. The van der Waals surface area contributed by atoms with Crippen LogP contribution in [0.15, 0.2) is 72.8 Å². The topological polar surface area (TPSA) is 9.23 Å². The molecule has 3 aromatic carbocycles. The lowest BCUT2D eigenvalue weighted by Crippen LogP contribution is -2.02. The SMILES string of the molecule is Cc1c(COC2CCc3ccccc32)cccc1-c1ccccc1. The van der Waals surface area contributed by atoms with E-state index in [0.29, 0.717) is 6.61 Å². The molecule has 1 atom stereocenters. The molecule has 0 fully saturated rings. The van der Waals surface area contributed by atoms with Crippen LogP contribution >= 0.6 is 0 Å². The summed E-state index contributed by atoms with van der Waals surface area (Å²) in [5.41, 5.74) is 7.97. The second-order valence-electron chi connectivity index (χ2n) is 6.49. The number of aryl methyl sites for hydroxylation is 1. The maximum Gasteiger partial charge on any atom is 0.0835 e. The van der Waals surface area contributed by atoms with E-state index in [-0.39, 0.29) is 6.10 Å². The molecule has 3 aromatic rings. The van der Waals surface area contributed by atoms with E-state index in [0.717, 1.165) is 12.8 Å². The highest BCUT2D eigenvalue weighted by Gasteiger charge is 2.22. The third-order valence-corrected chi connectivity index (χ3v) is 5.05. The van der Waals surface area contributed by atoms with Gasteiger partial charge in [-0.05, 0) is 53.1 Å². The van der Waals surface area contributed by atoms with E-state index in [1.807, 2.05) is 0 Å². The van der Waals surface area contributed by atoms with Crippen LogP contribution in [0.3, 0.4) is 0 Å². The second-order valence-corrected chi connectivity index (χ2v) is 6.49. The zero-order valence-electron chi connectivity index (χ0n) is 14.0. The number of hydrogen-bond donors (Lipinski definition) is 0. The van der Waals surface area contributed by atoms with E-state index in [1.54, 1.807) is 0 Å². The van der Waals surface area contributed by atoms with Gasteiger partial charge < -0.3 is 4.74 Å². The van der Waals surface area contributed by atoms with Crippen molar-refractivity contribution >= 4 is 0 Å². The first kappa shape index (κ1) is 15.2. The van der Waals surface area contributed by atoms with Crippen LogP contribution in [0.4, 0.5) is 0 Å². The van der Waals surface area contributed by atoms with Gasteiger partial charge in [0.2, 0.25) is 0 Å². The molecule has 120 valence electrons. The summed E-state index contributed by atoms with van der Waals surface area (Å²) in [4.78, 5) is 0. The molecule has 1 heteroatoms. The van der Waals surface area contributed by atoms with Gasteiger partial charge in [0.05, 0.1) is 12.7 Å². The first-order chi connectivity index (χ1) is 11.8. The molecule has 4 rings (SSSR count). The molecule has 0 radical (unpaired) electrons. The van der Waals surface area contributed by atoms with Gasteiger partial charge in [-0.3, -0.25) is 0 Å². The van der Waals surface area contributed by atoms with Gasteiger partial charge in [-0.1, -0.05) is 72.8 Å². The molecule has 0 aromatic heterocycles. The fourth-order valence-corrected chi connectivity index (χ4v) is 3.65. The molecule has 1 nitrogen and oxygen atoms in total. The van der Waals surface area contributed by atoms with E-state index in [4.69, 9.17) is 4.74 Å². The van der Waals surface area contributed by atoms with Crippen molar-refractivity contribution in [2.24, 2.45) is 0 Å². The molecule has 0 bridgehead atoms. The summed E-state index contributed by atoms with van der Waals surface area (Å²) in [7, 11) is 0. The third-order valence-electron chi connectivity index (χ3n) is 5.05. The predicted octanol–water partition coefficient (Wildman–Crippen LogP) is 5.87. The Balaban J connectivity index is 1.54. The lowest BCUT2D eigenvalue weighted by Gasteiger charge is -2.16. The van der Waals surface area contributed by atoms with E-state index in [2.05, 4.69) is 79.7 Å². The average molecular weight is 314 g/mol. The minimum absolute atomic E-state index is 0.237. The van der Waals surface area contributed by atoms with Gasteiger partial charge in [0, 0.05) is 0 Å². The highest BCUT2D eigenvalue weighted by molar-refractivity contribution is 5.68. The van der Waals surface area contributed by atoms with Crippen LogP contribution in [0.5, 0.6) is 0 Å². The molecule has 0 amide bonds. The van der Waals surface area contributed by atoms with Crippen molar-refractivity contribution in [3.05, 3.63) is 95.1 Å². The Morgan fingerprint density at radius 3 is 2.54 bits per heavy atom. The van der Waals surface area contributed by atoms with Crippen molar-refractivity contribution in [2.45, 2.75) is 32.5 Å². The Morgan fingerprint density at radius 2 is 1.67 bits per heavy atom. The quantitative estimate of drug-likeness (QED) is 0.585. The van der Waals surface area contributed by atoms with Crippen LogP contribution < -0.4 is 0 Å². The summed E-state index contributed by atoms with van der Waals surface area (Å²) in [6.45, 7) is 2.87. The van der Waals surface area contributed by atoms with Gasteiger partial charge in [-0.15, -0.1) is 0 Å². The van der Waals surface area contributed by atoms with Crippen LogP contribution in [0.1, 0.15) is 34.8 Å². The van der Waals surface area contributed by atoms with Crippen molar-refractivity contribution in [3.63, 3.8) is 0 Å². The zero-order valence-corrected chi connectivity index (χ0v) is 14.0. The maximum absolute atomic E-state index is 6.29. The summed E-state index contributed by atoms with van der Waals surface area (Å²) in [6, 6.07) is 25.7. The zero-order chi connectivity index (χ0) is 16.4.